The van der Waals surface area contributed by atoms with Crippen molar-refractivity contribution < 1.29 is 4.79 Å². The molecule has 1 atom stereocenters. The second-order valence-corrected chi connectivity index (χ2v) is 6.41. The summed E-state index contributed by atoms with van der Waals surface area (Å²) in [6.07, 6.45) is 0. The van der Waals surface area contributed by atoms with E-state index in [0.29, 0.717) is 5.75 Å². The van der Waals surface area contributed by atoms with Gasteiger partial charge in [-0.2, -0.15) is 0 Å². The van der Waals surface area contributed by atoms with Crippen LogP contribution in [0.15, 0.2) is 42.5 Å². The van der Waals surface area contributed by atoms with E-state index in [1.165, 1.54) is 0 Å². The van der Waals surface area contributed by atoms with Crippen molar-refractivity contribution in [3.63, 3.8) is 0 Å². The van der Waals surface area contributed by atoms with Gasteiger partial charge < -0.3 is 5.73 Å². The van der Waals surface area contributed by atoms with Crippen LogP contribution in [0, 0.1) is 13.8 Å². The highest BCUT2D eigenvalue weighted by Crippen LogP contribution is 2.44. The van der Waals surface area contributed by atoms with Crippen molar-refractivity contribution in [2.24, 2.45) is 0 Å². The van der Waals surface area contributed by atoms with Crippen molar-refractivity contribution >= 4 is 29.0 Å². The van der Waals surface area contributed by atoms with Crippen LogP contribution in [0.3, 0.4) is 0 Å². The SMILES string of the molecule is Cc1ccc(C)c(N2C(=O)CS[C@@H]2c2ccccc2N)c1. The molecule has 0 unspecified atom stereocenters. The molecule has 1 heterocycles. The number of para-hydroxylation sites is 1. The van der Waals surface area contributed by atoms with Crippen LogP contribution in [0.2, 0.25) is 0 Å². The second-order valence-electron chi connectivity index (χ2n) is 5.35. The molecule has 108 valence electrons. The van der Waals surface area contributed by atoms with E-state index in [1.54, 1.807) is 11.8 Å². The first-order chi connectivity index (χ1) is 10.1. The fourth-order valence-electron chi connectivity index (χ4n) is 2.63. The van der Waals surface area contributed by atoms with Gasteiger partial charge in [0.05, 0.1) is 5.75 Å². The summed E-state index contributed by atoms with van der Waals surface area (Å²) in [5.74, 6) is 0.633. The van der Waals surface area contributed by atoms with Crippen molar-refractivity contribution in [2.75, 3.05) is 16.4 Å². The Bertz CT molecular complexity index is 699. The van der Waals surface area contributed by atoms with Gasteiger partial charge in [-0.05, 0) is 37.1 Å². The summed E-state index contributed by atoms with van der Waals surface area (Å²) < 4.78 is 0. The Balaban J connectivity index is 2.08. The summed E-state index contributed by atoms with van der Waals surface area (Å²) in [6.45, 7) is 4.08. The van der Waals surface area contributed by atoms with E-state index in [4.69, 9.17) is 5.73 Å². The first kappa shape index (κ1) is 14.0. The number of carbonyl (C=O) groups excluding carboxylic acids is 1. The lowest BCUT2D eigenvalue weighted by atomic mass is 10.1. The molecule has 0 spiro atoms. The average molecular weight is 298 g/mol. The molecule has 0 bridgehead atoms. The summed E-state index contributed by atoms with van der Waals surface area (Å²) in [5, 5.41) is -0.0424. The van der Waals surface area contributed by atoms with E-state index in [2.05, 4.69) is 18.2 Å². The van der Waals surface area contributed by atoms with Gasteiger partial charge in [-0.25, -0.2) is 0 Å². The van der Waals surface area contributed by atoms with Crippen LogP contribution >= 0.6 is 11.8 Å². The van der Waals surface area contributed by atoms with Gasteiger partial charge in [0, 0.05) is 16.9 Å². The van der Waals surface area contributed by atoms with Crippen molar-refractivity contribution in [1.29, 1.82) is 0 Å². The highest BCUT2D eigenvalue weighted by Gasteiger charge is 2.35. The fourth-order valence-corrected chi connectivity index (χ4v) is 3.84. The quantitative estimate of drug-likeness (QED) is 0.861. The summed E-state index contributed by atoms with van der Waals surface area (Å²) in [6, 6.07) is 14.0. The molecule has 2 aromatic rings. The van der Waals surface area contributed by atoms with Crippen molar-refractivity contribution in [1.82, 2.24) is 0 Å². The number of hydrogen-bond donors (Lipinski definition) is 1. The standard InChI is InChI=1S/C17H18N2OS/c1-11-7-8-12(2)15(9-11)19-16(20)10-21-17(19)13-5-3-4-6-14(13)18/h3-9,17H,10,18H2,1-2H3/t17-/m1/s1. The smallest absolute Gasteiger partial charge is 0.238 e. The number of hydrogen-bond acceptors (Lipinski definition) is 3. The molecule has 1 amide bonds. The lowest BCUT2D eigenvalue weighted by molar-refractivity contribution is -0.115. The van der Waals surface area contributed by atoms with Crippen LogP contribution in [-0.2, 0) is 4.79 Å². The van der Waals surface area contributed by atoms with Crippen LogP contribution in [0.1, 0.15) is 22.1 Å². The maximum Gasteiger partial charge on any atom is 0.238 e. The molecule has 1 fully saturated rings. The summed E-state index contributed by atoms with van der Waals surface area (Å²) >= 11 is 1.63. The zero-order valence-electron chi connectivity index (χ0n) is 12.2. The number of rotatable bonds is 2. The van der Waals surface area contributed by atoms with Gasteiger partial charge in [0.1, 0.15) is 5.37 Å². The number of benzene rings is 2. The average Bonchev–Trinajstić information content (AvgIpc) is 2.84. The number of nitrogens with two attached hydrogens (primary N) is 1. The van der Waals surface area contributed by atoms with Crippen LogP contribution < -0.4 is 10.6 Å². The van der Waals surface area contributed by atoms with E-state index >= 15 is 0 Å². The molecule has 3 nitrogen and oxygen atoms in total. The molecule has 3 rings (SSSR count). The maximum absolute atomic E-state index is 12.4. The van der Waals surface area contributed by atoms with Crippen molar-refractivity contribution in [2.45, 2.75) is 19.2 Å². The van der Waals surface area contributed by atoms with Crippen molar-refractivity contribution in [3.05, 3.63) is 59.2 Å². The van der Waals surface area contributed by atoms with Gasteiger partial charge in [-0.1, -0.05) is 30.3 Å². The van der Waals surface area contributed by atoms with Crippen LogP contribution in [0.4, 0.5) is 11.4 Å². The number of nitrogens with zero attached hydrogens (tertiary/aromatic N) is 1. The largest absolute Gasteiger partial charge is 0.398 e. The van der Waals surface area contributed by atoms with Gasteiger partial charge >= 0.3 is 0 Å². The molecule has 2 N–H and O–H groups in total. The maximum atomic E-state index is 12.4. The van der Waals surface area contributed by atoms with E-state index in [-0.39, 0.29) is 11.3 Å². The lowest BCUT2D eigenvalue weighted by Gasteiger charge is -2.27. The number of aryl methyl sites for hydroxylation is 2. The predicted molar refractivity (Wildman–Crippen MR) is 89.5 cm³/mol. The minimum Gasteiger partial charge on any atom is -0.398 e. The van der Waals surface area contributed by atoms with E-state index in [1.807, 2.05) is 43.0 Å². The molecule has 4 heteroatoms. The Hall–Kier alpha value is -1.94. The molecule has 0 aromatic heterocycles. The Kier molecular flexibility index (Phi) is 3.64. The minimum atomic E-state index is -0.0424. The number of nitrogen functional groups attached to an aromatic ring is 1. The topological polar surface area (TPSA) is 46.3 Å². The molecular weight excluding hydrogens is 280 g/mol. The van der Waals surface area contributed by atoms with Crippen LogP contribution in [0.25, 0.3) is 0 Å². The third-order valence-electron chi connectivity index (χ3n) is 3.75. The summed E-state index contributed by atoms with van der Waals surface area (Å²) in [7, 11) is 0. The third kappa shape index (κ3) is 2.51. The van der Waals surface area contributed by atoms with Gasteiger partial charge in [0.25, 0.3) is 0 Å². The fraction of sp³-hybridized carbons (Fsp3) is 0.235. The Labute approximate surface area is 129 Å². The molecule has 21 heavy (non-hydrogen) atoms. The Morgan fingerprint density at radius 2 is 1.95 bits per heavy atom. The number of amides is 1. The number of anilines is 2. The number of thioether (sulfide) groups is 1. The Morgan fingerprint density at radius 3 is 2.71 bits per heavy atom. The third-order valence-corrected chi connectivity index (χ3v) is 4.95. The molecule has 0 aliphatic carbocycles. The highest BCUT2D eigenvalue weighted by molar-refractivity contribution is 8.00. The van der Waals surface area contributed by atoms with Gasteiger partial charge in [0.15, 0.2) is 0 Å². The molecule has 1 aliphatic heterocycles. The molecule has 2 aromatic carbocycles. The van der Waals surface area contributed by atoms with E-state index in [9.17, 15) is 4.79 Å². The first-order valence-corrected chi connectivity index (χ1v) is 7.98. The van der Waals surface area contributed by atoms with Crippen molar-refractivity contribution in [3.8, 4) is 0 Å². The first-order valence-electron chi connectivity index (χ1n) is 6.93. The highest BCUT2D eigenvalue weighted by atomic mass is 32.2. The van der Waals surface area contributed by atoms with E-state index in [0.717, 1.165) is 28.1 Å². The molecule has 0 saturated carbocycles. The van der Waals surface area contributed by atoms with Gasteiger partial charge in [0.2, 0.25) is 5.91 Å². The number of carbonyl (C=O) groups is 1. The zero-order chi connectivity index (χ0) is 15.0. The summed E-state index contributed by atoms with van der Waals surface area (Å²) in [4.78, 5) is 14.3. The molecule has 1 saturated heterocycles. The van der Waals surface area contributed by atoms with Gasteiger partial charge in [-0.3, -0.25) is 9.69 Å². The van der Waals surface area contributed by atoms with Crippen LogP contribution in [-0.4, -0.2) is 11.7 Å². The monoisotopic (exact) mass is 298 g/mol. The zero-order valence-corrected chi connectivity index (χ0v) is 13.0. The van der Waals surface area contributed by atoms with Crippen LogP contribution in [0.5, 0.6) is 0 Å². The lowest BCUT2D eigenvalue weighted by Crippen LogP contribution is -2.29. The predicted octanol–water partition coefficient (Wildman–Crippen LogP) is 3.66. The van der Waals surface area contributed by atoms with E-state index < -0.39 is 0 Å². The normalized spacial score (nSPS) is 18.3. The molecule has 1 aliphatic rings. The Morgan fingerprint density at radius 1 is 1.19 bits per heavy atom. The molecular formula is C17H18N2OS. The minimum absolute atomic E-state index is 0.0424. The second kappa shape index (κ2) is 5.45. The van der Waals surface area contributed by atoms with Gasteiger partial charge in [-0.15, -0.1) is 11.8 Å². The summed E-state index contributed by atoms with van der Waals surface area (Å²) in [5.41, 5.74) is 11.1. The molecule has 0 radical (unpaired) electrons.